The van der Waals surface area contributed by atoms with E-state index in [2.05, 4.69) is 4.99 Å². The summed E-state index contributed by atoms with van der Waals surface area (Å²) in [5.41, 5.74) is 2.92. The molecule has 3 heterocycles. The van der Waals surface area contributed by atoms with Gasteiger partial charge in [-0.25, -0.2) is 14.6 Å². The van der Waals surface area contributed by atoms with Crippen molar-refractivity contribution in [2.24, 2.45) is 4.99 Å². The summed E-state index contributed by atoms with van der Waals surface area (Å²) in [6, 6.07) is 14.9. The third kappa shape index (κ3) is 4.98. The number of aryl methyl sites for hydroxylation is 1. The fourth-order valence-electron chi connectivity index (χ4n) is 4.41. The smallest absolute Gasteiger partial charge is 0.338 e. The number of ether oxygens (including phenoxy) is 1. The fraction of sp³-hybridized carbons (Fsp3) is 0.172. The van der Waals surface area contributed by atoms with Gasteiger partial charge in [0.05, 0.1) is 39.0 Å². The summed E-state index contributed by atoms with van der Waals surface area (Å²) in [5.74, 6) is -0.748. The predicted octanol–water partition coefficient (Wildman–Crippen LogP) is 4.72. The standard InChI is InChI=1S/C29H23ClN2O6S/c1-4-37-28(36)24-16(3)31-29-32(25(24)17-7-5-15(2)6-8-17)26(33)23(39-29)14-19-10-12-22(38-19)18-9-11-20(27(34)35)21(30)13-18/h5-14,25H,4H2,1-3H3,(H,34,35)/b23-14-. The molecule has 198 valence electrons. The Morgan fingerprint density at radius 3 is 2.56 bits per heavy atom. The number of nitrogens with zero attached hydrogens (tertiary/aromatic N) is 2. The average molecular weight is 563 g/mol. The van der Waals surface area contributed by atoms with Crippen LogP contribution in [0.3, 0.4) is 0 Å². The maximum Gasteiger partial charge on any atom is 0.338 e. The highest BCUT2D eigenvalue weighted by molar-refractivity contribution is 7.07. The third-order valence-corrected chi connectivity index (χ3v) is 7.59. The summed E-state index contributed by atoms with van der Waals surface area (Å²) in [5, 5.41) is 9.30. The molecule has 5 rings (SSSR count). The van der Waals surface area contributed by atoms with Crippen molar-refractivity contribution in [1.29, 1.82) is 0 Å². The number of carbonyl (C=O) groups excluding carboxylic acids is 1. The first-order chi connectivity index (χ1) is 18.7. The largest absolute Gasteiger partial charge is 0.478 e. The molecule has 1 unspecified atom stereocenters. The van der Waals surface area contributed by atoms with Gasteiger partial charge in [0.2, 0.25) is 0 Å². The van der Waals surface area contributed by atoms with Crippen LogP contribution in [-0.2, 0) is 9.53 Å². The van der Waals surface area contributed by atoms with Gasteiger partial charge in [0.25, 0.3) is 5.56 Å². The van der Waals surface area contributed by atoms with Crippen molar-refractivity contribution < 1.29 is 23.8 Å². The van der Waals surface area contributed by atoms with Crippen molar-refractivity contribution in [2.45, 2.75) is 26.8 Å². The number of carbonyl (C=O) groups is 2. The molecule has 0 aliphatic carbocycles. The number of carboxylic acid groups (broad SMARTS) is 1. The van der Waals surface area contributed by atoms with Crippen molar-refractivity contribution in [3.05, 3.63) is 113 Å². The lowest BCUT2D eigenvalue weighted by molar-refractivity contribution is -0.139. The molecule has 1 N–H and O–H groups in total. The van der Waals surface area contributed by atoms with E-state index in [-0.39, 0.29) is 22.8 Å². The number of thiazole rings is 1. The van der Waals surface area contributed by atoms with Crippen molar-refractivity contribution in [1.82, 2.24) is 4.57 Å². The molecule has 1 aliphatic heterocycles. The summed E-state index contributed by atoms with van der Waals surface area (Å²) < 4.78 is 13.2. The Hall–Kier alpha value is -4.21. The number of rotatable bonds is 6. The zero-order valence-electron chi connectivity index (χ0n) is 21.2. The normalized spacial score (nSPS) is 15.2. The van der Waals surface area contributed by atoms with Crippen molar-refractivity contribution >= 4 is 41.0 Å². The monoisotopic (exact) mass is 562 g/mol. The number of fused-ring (bicyclic) bond motifs is 1. The predicted molar refractivity (Wildman–Crippen MR) is 148 cm³/mol. The van der Waals surface area contributed by atoms with Crippen molar-refractivity contribution in [3.8, 4) is 11.3 Å². The van der Waals surface area contributed by atoms with Gasteiger partial charge in [0, 0.05) is 11.6 Å². The molecule has 0 saturated heterocycles. The molecule has 8 nitrogen and oxygen atoms in total. The van der Waals surface area contributed by atoms with Gasteiger partial charge in [0.15, 0.2) is 4.80 Å². The van der Waals surface area contributed by atoms with E-state index in [4.69, 9.17) is 20.8 Å². The minimum atomic E-state index is -1.12. The molecule has 1 aliphatic rings. The van der Waals surface area contributed by atoms with Crippen LogP contribution in [0.1, 0.15) is 47.1 Å². The van der Waals surface area contributed by atoms with Crippen LogP contribution >= 0.6 is 22.9 Å². The number of halogens is 1. The highest BCUT2D eigenvalue weighted by atomic mass is 35.5. The van der Waals surface area contributed by atoms with E-state index in [0.717, 1.165) is 11.1 Å². The molecule has 0 fully saturated rings. The number of hydrogen-bond acceptors (Lipinski definition) is 7. The maximum absolute atomic E-state index is 13.7. The van der Waals surface area contributed by atoms with E-state index in [1.54, 1.807) is 38.1 Å². The minimum absolute atomic E-state index is 0.00563. The Labute approximate surface area is 231 Å². The Morgan fingerprint density at radius 2 is 1.90 bits per heavy atom. The third-order valence-electron chi connectivity index (χ3n) is 6.29. The number of aromatic nitrogens is 1. The lowest BCUT2D eigenvalue weighted by Gasteiger charge is -2.24. The van der Waals surface area contributed by atoms with Crippen LogP contribution in [0, 0.1) is 6.92 Å². The maximum atomic E-state index is 13.7. The van der Waals surface area contributed by atoms with Crippen LogP contribution in [0.2, 0.25) is 5.02 Å². The van der Waals surface area contributed by atoms with Crippen LogP contribution in [0.5, 0.6) is 0 Å². The number of benzene rings is 2. The lowest BCUT2D eigenvalue weighted by Crippen LogP contribution is -2.39. The van der Waals surface area contributed by atoms with Gasteiger partial charge in [-0.3, -0.25) is 9.36 Å². The molecule has 39 heavy (non-hydrogen) atoms. The first kappa shape index (κ1) is 26.4. The molecule has 2 aromatic carbocycles. The number of allylic oxidation sites excluding steroid dienone is 1. The van der Waals surface area contributed by atoms with E-state index in [1.807, 2.05) is 31.2 Å². The van der Waals surface area contributed by atoms with Crippen LogP contribution in [0.4, 0.5) is 0 Å². The zero-order chi connectivity index (χ0) is 27.8. The number of esters is 1. The summed E-state index contributed by atoms with van der Waals surface area (Å²) in [6.45, 7) is 5.64. The lowest BCUT2D eigenvalue weighted by atomic mass is 9.95. The fourth-order valence-corrected chi connectivity index (χ4v) is 5.70. The number of furan rings is 1. The van der Waals surface area contributed by atoms with Crippen molar-refractivity contribution in [2.75, 3.05) is 6.61 Å². The van der Waals surface area contributed by atoms with E-state index >= 15 is 0 Å². The van der Waals surface area contributed by atoms with Crippen molar-refractivity contribution in [3.63, 3.8) is 0 Å². The molecule has 4 aromatic rings. The molecule has 0 radical (unpaired) electrons. The molecule has 10 heteroatoms. The second-order valence-electron chi connectivity index (χ2n) is 8.91. The Bertz CT molecular complexity index is 1830. The van der Waals surface area contributed by atoms with Gasteiger partial charge < -0.3 is 14.3 Å². The van der Waals surface area contributed by atoms with Gasteiger partial charge in [-0.2, -0.15) is 0 Å². The highest BCUT2D eigenvalue weighted by Crippen LogP contribution is 2.31. The van der Waals surface area contributed by atoms with E-state index in [0.29, 0.717) is 37.7 Å². The molecule has 2 aromatic heterocycles. The number of hydrogen-bond donors (Lipinski definition) is 1. The minimum Gasteiger partial charge on any atom is -0.478 e. The quantitative estimate of drug-likeness (QED) is 0.340. The topological polar surface area (TPSA) is 111 Å². The summed E-state index contributed by atoms with van der Waals surface area (Å²) in [7, 11) is 0. The van der Waals surface area contributed by atoms with Crippen LogP contribution < -0.4 is 14.9 Å². The van der Waals surface area contributed by atoms with Gasteiger partial charge in [0.1, 0.15) is 11.5 Å². The van der Waals surface area contributed by atoms with Gasteiger partial charge in [-0.1, -0.05) is 58.8 Å². The Kier molecular flexibility index (Phi) is 7.12. The molecule has 1 atom stereocenters. The summed E-state index contributed by atoms with van der Waals surface area (Å²) in [6.07, 6.45) is 1.62. The van der Waals surface area contributed by atoms with Crippen LogP contribution in [0.15, 0.2) is 80.1 Å². The van der Waals surface area contributed by atoms with Gasteiger partial charge in [-0.15, -0.1) is 0 Å². The highest BCUT2D eigenvalue weighted by Gasteiger charge is 2.33. The second kappa shape index (κ2) is 10.5. The molecule has 0 saturated carbocycles. The second-order valence-corrected chi connectivity index (χ2v) is 10.3. The molecule has 0 amide bonds. The van der Waals surface area contributed by atoms with Gasteiger partial charge >= 0.3 is 11.9 Å². The molecular weight excluding hydrogens is 540 g/mol. The molecule has 0 bridgehead atoms. The van der Waals surface area contributed by atoms with E-state index in [9.17, 15) is 19.5 Å². The summed E-state index contributed by atoms with van der Waals surface area (Å²) in [4.78, 5) is 43.0. The molecule has 0 spiro atoms. The zero-order valence-corrected chi connectivity index (χ0v) is 22.8. The number of carboxylic acids is 1. The number of aromatic carboxylic acids is 1. The van der Waals surface area contributed by atoms with Gasteiger partial charge in [-0.05, 0) is 50.6 Å². The van der Waals surface area contributed by atoms with E-state index in [1.165, 1.54) is 28.0 Å². The Morgan fingerprint density at radius 1 is 1.15 bits per heavy atom. The van der Waals surface area contributed by atoms with Crippen LogP contribution in [0.25, 0.3) is 17.4 Å². The SMILES string of the molecule is CCOC(=O)C1=C(C)N=c2s/c(=C\c3ccc(-c4ccc(C(=O)O)c(Cl)c4)o3)c(=O)n2C1c1ccc(C)cc1. The first-order valence-corrected chi connectivity index (χ1v) is 13.3. The summed E-state index contributed by atoms with van der Waals surface area (Å²) >= 11 is 7.31. The van der Waals surface area contributed by atoms with Crippen LogP contribution in [-0.4, -0.2) is 28.2 Å². The average Bonchev–Trinajstić information content (AvgIpc) is 3.48. The first-order valence-electron chi connectivity index (χ1n) is 12.1. The Balaban J connectivity index is 1.60. The van der Waals surface area contributed by atoms with E-state index < -0.39 is 18.0 Å². The molecular formula is C29H23ClN2O6S.